The Bertz CT molecular complexity index is 119. The Balaban J connectivity index is 2.33. The summed E-state index contributed by atoms with van der Waals surface area (Å²) in [6.07, 6.45) is 4.26. The molecule has 2 heteroatoms. The van der Waals surface area contributed by atoms with Crippen LogP contribution in [-0.4, -0.2) is 23.6 Å². The first-order chi connectivity index (χ1) is 5.18. The van der Waals surface area contributed by atoms with Gasteiger partial charge in [-0.15, -0.1) is 0 Å². The van der Waals surface area contributed by atoms with E-state index in [1.54, 1.807) is 0 Å². The largest absolute Gasteiger partial charge is 0.318 e. The molecule has 0 amide bonds. The summed E-state index contributed by atoms with van der Waals surface area (Å²) >= 11 is 2.15. The lowest BCUT2D eigenvalue weighted by Gasteiger charge is -2.42. The van der Waals surface area contributed by atoms with Crippen LogP contribution in [-0.2, 0) is 0 Å². The van der Waals surface area contributed by atoms with Gasteiger partial charge in [-0.1, -0.05) is 20.3 Å². The van der Waals surface area contributed by atoms with Crippen LogP contribution in [0.5, 0.6) is 0 Å². The van der Waals surface area contributed by atoms with E-state index in [9.17, 15) is 0 Å². The molecule has 1 rings (SSSR count). The van der Waals surface area contributed by atoms with Crippen molar-refractivity contribution in [2.24, 2.45) is 0 Å². The van der Waals surface area contributed by atoms with Gasteiger partial charge in [-0.3, -0.25) is 0 Å². The molecule has 1 saturated carbocycles. The van der Waals surface area contributed by atoms with Crippen LogP contribution in [0, 0.1) is 0 Å². The predicted molar refractivity (Wildman–Crippen MR) is 53.2 cm³/mol. The third kappa shape index (κ3) is 2.38. The molecule has 0 spiro atoms. The molecule has 0 aliphatic heterocycles. The second-order valence-electron chi connectivity index (χ2n) is 3.73. The molecule has 1 aliphatic rings. The lowest BCUT2D eigenvalue weighted by molar-refractivity contribution is 0.352. The van der Waals surface area contributed by atoms with Crippen molar-refractivity contribution < 1.29 is 0 Å². The summed E-state index contributed by atoms with van der Waals surface area (Å²) < 4.78 is 0.600. The van der Waals surface area contributed by atoms with Gasteiger partial charge in [0.2, 0.25) is 0 Å². The van der Waals surface area contributed by atoms with Crippen LogP contribution < -0.4 is 5.32 Å². The van der Waals surface area contributed by atoms with Gasteiger partial charge >= 0.3 is 0 Å². The van der Waals surface area contributed by atoms with Gasteiger partial charge in [-0.2, -0.15) is 11.8 Å². The molecule has 11 heavy (non-hydrogen) atoms. The van der Waals surface area contributed by atoms with Crippen molar-refractivity contribution in [3.05, 3.63) is 0 Å². The second kappa shape index (κ2) is 3.81. The van der Waals surface area contributed by atoms with Crippen molar-refractivity contribution in [3.63, 3.8) is 0 Å². The summed E-state index contributed by atoms with van der Waals surface area (Å²) in [4.78, 5) is 0. The van der Waals surface area contributed by atoms with Crippen molar-refractivity contribution in [2.45, 2.75) is 43.1 Å². The third-order valence-electron chi connectivity index (χ3n) is 2.25. The van der Waals surface area contributed by atoms with E-state index in [0.29, 0.717) is 4.75 Å². The van der Waals surface area contributed by atoms with E-state index in [2.05, 4.69) is 38.0 Å². The Morgan fingerprint density at radius 1 is 1.45 bits per heavy atom. The Labute approximate surface area is 74.3 Å². The molecule has 1 fully saturated rings. The van der Waals surface area contributed by atoms with Gasteiger partial charge in [0.05, 0.1) is 0 Å². The van der Waals surface area contributed by atoms with Crippen molar-refractivity contribution in [1.29, 1.82) is 0 Å². The quantitative estimate of drug-likeness (QED) is 0.700. The van der Waals surface area contributed by atoms with Crippen LogP contribution in [0.25, 0.3) is 0 Å². The average molecular weight is 173 g/mol. The molecule has 0 bridgehead atoms. The Morgan fingerprint density at radius 3 is 2.36 bits per heavy atom. The summed E-state index contributed by atoms with van der Waals surface area (Å²) in [6, 6.07) is 0. The van der Waals surface area contributed by atoms with E-state index in [0.717, 1.165) is 5.25 Å². The lowest BCUT2D eigenvalue weighted by Crippen LogP contribution is -2.43. The zero-order valence-electron chi connectivity index (χ0n) is 7.81. The summed E-state index contributed by atoms with van der Waals surface area (Å²) in [5, 5.41) is 4.08. The monoisotopic (exact) mass is 173 g/mol. The van der Waals surface area contributed by atoms with Gasteiger partial charge in [0.15, 0.2) is 0 Å². The molecule has 0 aromatic carbocycles. The molecule has 0 saturated heterocycles. The second-order valence-corrected chi connectivity index (χ2v) is 5.78. The van der Waals surface area contributed by atoms with Crippen molar-refractivity contribution in [1.82, 2.24) is 5.32 Å². The highest BCUT2D eigenvalue weighted by molar-refractivity contribution is 8.01. The number of nitrogens with one attached hydrogen (secondary N) is 1. The summed E-state index contributed by atoms with van der Waals surface area (Å²) in [6.45, 7) is 5.77. The summed E-state index contributed by atoms with van der Waals surface area (Å²) in [5.74, 6) is 0. The third-order valence-corrected chi connectivity index (χ3v) is 3.77. The summed E-state index contributed by atoms with van der Waals surface area (Å²) in [7, 11) is 2.06. The van der Waals surface area contributed by atoms with Crippen LogP contribution in [0.4, 0.5) is 0 Å². The zero-order chi connectivity index (χ0) is 8.32. The average Bonchev–Trinajstić information content (AvgIpc) is 1.82. The maximum Gasteiger partial charge on any atom is 0.0286 e. The standard InChI is InChI=1S/C9H19NS/c1-8(2)11-9(7-10-3)5-4-6-9/h8,10H,4-7H2,1-3H3. The topological polar surface area (TPSA) is 12.0 Å². The minimum absolute atomic E-state index is 0.600. The Morgan fingerprint density at radius 2 is 2.09 bits per heavy atom. The van der Waals surface area contributed by atoms with Gasteiger partial charge in [0.1, 0.15) is 0 Å². The van der Waals surface area contributed by atoms with Crippen LogP contribution in [0.15, 0.2) is 0 Å². The predicted octanol–water partition coefficient (Wildman–Crippen LogP) is 2.27. The van der Waals surface area contributed by atoms with Gasteiger partial charge in [0, 0.05) is 11.3 Å². The lowest BCUT2D eigenvalue weighted by atomic mass is 9.84. The molecule has 0 heterocycles. The van der Waals surface area contributed by atoms with Gasteiger partial charge in [0.25, 0.3) is 0 Å². The first-order valence-electron chi connectivity index (χ1n) is 4.51. The molecule has 0 atom stereocenters. The molecule has 0 aromatic heterocycles. The van der Waals surface area contributed by atoms with Crippen molar-refractivity contribution in [2.75, 3.05) is 13.6 Å². The van der Waals surface area contributed by atoms with E-state index < -0.39 is 0 Å². The number of rotatable bonds is 4. The van der Waals surface area contributed by atoms with E-state index in [1.165, 1.54) is 25.8 Å². The molecule has 1 N–H and O–H groups in total. The Kier molecular flexibility index (Phi) is 3.26. The first-order valence-corrected chi connectivity index (χ1v) is 5.39. The van der Waals surface area contributed by atoms with Crippen LogP contribution in [0.2, 0.25) is 0 Å². The number of hydrogen-bond acceptors (Lipinski definition) is 2. The van der Waals surface area contributed by atoms with Crippen molar-refractivity contribution in [3.8, 4) is 0 Å². The van der Waals surface area contributed by atoms with E-state index in [-0.39, 0.29) is 0 Å². The summed E-state index contributed by atoms with van der Waals surface area (Å²) in [5.41, 5.74) is 0. The van der Waals surface area contributed by atoms with Gasteiger partial charge < -0.3 is 5.32 Å². The van der Waals surface area contributed by atoms with Gasteiger partial charge in [-0.05, 0) is 25.1 Å². The van der Waals surface area contributed by atoms with E-state index in [1.807, 2.05) is 0 Å². The van der Waals surface area contributed by atoms with E-state index >= 15 is 0 Å². The minimum Gasteiger partial charge on any atom is -0.318 e. The fourth-order valence-corrected chi connectivity index (χ4v) is 3.48. The molecule has 0 radical (unpaired) electrons. The van der Waals surface area contributed by atoms with Crippen LogP contribution >= 0.6 is 11.8 Å². The fraction of sp³-hybridized carbons (Fsp3) is 1.00. The smallest absolute Gasteiger partial charge is 0.0286 e. The normalized spacial score (nSPS) is 21.8. The molecular weight excluding hydrogens is 154 g/mol. The Hall–Kier alpha value is 0.310. The van der Waals surface area contributed by atoms with Crippen LogP contribution in [0.3, 0.4) is 0 Å². The van der Waals surface area contributed by atoms with Crippen molar-refractivity contribution >= 4 is 11.8 Å². The molecule has 1 nitrogen and oxygen atoms in total. The van der Waals surface area contributed by atoms with Gasteiger partial charge in [-0.25, -0.2) is 0 Å². The zero-order valence-corrected chi connectivity index (χ0v) is 8.63. The van der Waals surface area contributed by atoms with Crippen LogP contribution in [0.1, 0.15) is 33.1 Å². The van der Waals surface area contributed by atoms with E-state index in [4.69, 9.17) is 0 Å². The molecule has 1 aliphatic carbocycles. The highest BCUT2D eigenvalue weighted by Gasteiger charge is 2.37. The molecule has 66 valence electrons. The molecular formula is C9H19NS. The highest BCUT2D eigenvalue weighted by atomic mass is 32.2. The SMILES string of the molecule is CNCC1(SC(C)C)CCC1. The molecule has 0 unspecified atom stereocenters. The maximum atomic E-state index is 3.30. The highest BCUT2D eigenvalue weighted by Crippen LogP contribution is 2.45. The maximum absolute atomic E-state index is 3.30. The fourth-order valence-electron chi connectivity index (χ4n) is 1.73. The minimum atomic E-state index is 0.600. The number of thioether (sulfide) groups is 1. The number of hydrogen-bond donors (Lipinski definition) is 1. The first kappa shape index (κ1) is 9.40. The molecule has 0 aromatic rings.